The van der Waals surface area contributed by atoms with E-state index in [1.165, 1.54) is 31.6 Å². The molecule has 100 valence electrons. The van der Waals surface area contributed by atoms with Crippen molar-refractivity contribution in [3.63, 3.8) is 0 Å². The van der Waals surface area contributed by atoms with E-state index in [-0.39, 0.29) is 0 Å². The van der Waals surface area contributed by atoms with Crippen molar-refractivity contribution in [2.24, 2.45) is 0 Å². The van der Waals surface area contributed by atoms with Gasteiger partial charge in [-0.3, -0.25) is 4.90 Å². The van der Waals surface area contributed by atoms with Gasteiger partial charge in [-0.05, 0) is 37.2 Å². The highest BCUT2D eigenvalue weighted by Crippen LogP contribution is 2.14. The summed E-state index contributed by atoms with van der Waals surface area (Å²) < 4.78 is 0. The maximum absolute atomic E-state index is 6.03. The van der Waals surface area contributed by atoms with Crippen LogP contribution in [0, 0.1) is 0 Å². The van der Waals surface area contributed by atoms with Gasteiger partial charge in [0, 0.05) is 36.5 Å². The molecule has 0 aromatic heterocycles. The zero-order valence-corrected chi connectivity index (χ0v) is 13.0. The fourth-order valence-electron chi connectivity index (χ4n) is 2.42. The number of hydrogen-bond acceptors (Lipinski definition) is 2. The fourth-order valence-corrected chi connectivity index (χ4v) is 3.13. The second kappa shape index (κ2) is 7.49. The molecule has 0 unspecified atom stereocenters. The van der Waals surface area contributed by atoms with Crippen LogP contribution >= 0.6 is 27.5 Å². The Hall–Kier alpha value is -0.0900. The maximum Gasteiger partial charge on any atom is 0.0409 e. The molecule has 1 aliphatic heterocycles. The third-order valence-corrected chi connectivity index (χ3v) is 3.97. The lowest BCUT2D eigenvalue weighted by Gasteiger charge is -2.21. The van der Waals surface area contributed by atoms with Crippen LogP contribution in [0.1, 0.15) is 12.0 Å². The molecule has 0 bridgehead atoms. The van der Waals surface area contributed by atoms with Gasteiger partial charge in [0.15, 0.2) is 0 Å². The Balaban J connectivity index is 1.87. The first-order chi connectivity index (χ1) is 8.78. The van der Waals surface area contributed by atoms with Crippen LogP contribution in [-0.4, -0.2) is 47.9 Å². The Bertz CT molecular complexity index is 373. The van der Waals surface area contributed by atoms with Gasteiger partial charge in [0.2, 0.25) is 0 Å². The molecular weight excluding hydrogens is 312 g/mol. The van der Waals surface area contributed by atoms with Crippen LogP contribution in [0.25, 0.3) is 0 Å². The Labute approximate surface area is 123 Å². The first-order valence-electron chi connectivity index (χ1n) is 6.53. The van der Waals surface area contributed by atoms with Gasteiger partial charge in [0.1, 0.15) is 0 Å². The lowest BCUT2D eigenvalue weighted by atomic mass is 10.2. The van der Waals surface area contributed by atoms with Gasteiger partial charge >= 0.3 is 0 Å². The molecular formula is C14H20BrClN2. The molecule has 0 N–H and O–H groups in total. The molecule has 0 atom stereocenters. The van der Waals surface area contributed by atoms with E-state index in [0.29, 0.717) is 0 Å². The zero-order chi connectivity index (χ0) is 12.8. The minimum absolute atomic E-state index is 0.836. The van der Waals surface area contributed by atoms with Crippen LogP contribution in [-0.2, 0) is 6.54 Å². The molecule has 2 rings (SSSR count). The topological polar surface area (TPSA) is 6.48 Å². The molecule has 1 aromatic carbocycles. The average Bonchev–Trinajstić information content (AvgIpc) is 2.56. The number of hydrogen-bond donors (Lipinski definition) is 0. The van der Waals surface area contributed by atoms with E-state index in [2.05, 4.69) is 37.9 Å². The van der Waals surface area contributed by atoms with Gasteiger partial charge < -0.3 is 4.90 Å². The van der Waals surface area contributed by atoms with Crippen LogP contribution in [0.4, 0.5) is 0 Å². The van der Waals surface area contributed by atoms with Crippen molar-refractivity contribution >= 4 is 27.5 Å². The van der Waals surface area contributed by atoms with Crippen molar-refractivity contribution in [1.29, 1.82) is 0 Å². The van der Waals surface area contributed by atoms with Crippen molar-refractivity contribution in [2.75, 3.05) is 38.1 Å². The number of nitrogens with zero attached hydrogens (tertiary/aromatic N) is 2. The minimum atomic E-state index is 0.836. The highest BCUT2D eigenvalue weighted by Gasteiger charge is 2.14. The van der Waals surface area contributed by atoms with Crippen LogP contribution in [0.5, 0.6) is 0 Å². The summed E-state index contributed by atoms with van der Waals surface area (Å²) in [5.74, 6) is 0. The number of alkyl halides is 1. The Morgan fingerprint density at radius 3 is 2.67 bits per heavy atom. The molecule has 0 aliphatic carbocycles. The van der Waals surface area contributed by atoms with Gasteiger partial charge in [-0.1, -0.05) is 39.7 Å². The Kier molecular flexibility index (Phi) is 5.96. The van der Waals surface area contributed by atoms with E-state index >= 15 is 0 Å². The summed E-state index contributed by atoms with van der Waals surface area (Å²) in [5, 5.41) is 1.91. The summed E-state index contributed by atoms with van der Waals surface area (Å²) in [4.78, 5) is 5.06. The molecule has 0 amide bonds. The molecule has 0 radical (unpaired) electrons. The smallest absolute Gasteiger partial charge is 0.0409 e. The fraction of sp³-hybridized carbons (Fsp3) is 0.571. The first kappa shape index (κ1) is 14.3. The van der Waals surface area contributed by atoms with Crippen molar-refractivity contribution < 1.29 is 0 Å². The summed E-state index contributed by atoms with van der Waals surface area (Å²) in [6.45, 7) is 6.91. The van der Waals surface area contributed by atoms with Crippen molar-refractivity contribution in [3.8, 4) is 0 Å². The van der Waals surface area contributed by atoms with E-state index in [9.17, 15) is 0 Å². The Morgan fingerprint density at radius 1 is 1.11 bits per heavy atom. The molecule has 1 aliphatic rings. The third kappa shape index (κ3) is 4.54. The van der Waals surface area contributed by atoms with Crippen molar-refractivity contribution in [2.45, 2.75) is 13.0 Å². The lowest BCUT2D eigenvalue weighted by Crippen LogP contribution is -2.31. The predicted molar refractivity (Wildman–Crippen MR) is 81.6 cm³/mol. The second-order valence-corrected chi connectivity index (χ2v) is 6.02. The molecule has 4 heteroatoms. The average molecular weight is 332 g/mol. The summed E-state index contributed by atoms with van der Waals surface area (Å²) >= 11 is 9.54. The Morgan fingerprint density at radius 2 is 1.89 bits per heavy atom. The van der Waals surface area contributed by atoms with E-state index < -0.39 is 0 Å². The molecule has 1 heterocycles. The SMILES string of the molecule is Clc1cccc(CN2CCCN(CCBr)CC2)c1. The van der Waals surface area contributed by atoms with Crippen molar-refractivity contribution in [3.05, 3.63) is 34.9 Å². The van der Waals surface area contributed by atoms with Crippen LogP contribution in [0.3, 0.4) is 0 Å². The van der Waals surface area contributed by atoms with Gasteiger partial charge in [0.25, 0.3) is 0 Å². The minimum Gasteiger partial charge on any atom is -0.301 e. The molecule has 1 aromatic rings. The summed E-state index contributed by atoms with van der Waals surface area (Å²) in [6.07, 6.45) is 1.26. The predicted octanol–water partition coefficient (Wildman–Crippen LogP) is 3.24. The van der Waals surface area contributed by atoms with E-state index in [4.69, 9.17) is 11.6 Å². The second-order valence-electron chi connectivity index (χ2n) is 4.79. The maximum atomic E-state index is 6.03. The third-order valence-electron chi connectivity index (χ3n) is 3.38. The molecule has 0 saturated carbocycles. The van der Waals surface area contributed by atoms with E-state index in [0.717, 1.165) is 30.0 Å². The van der Waals surface area contributed by atoms with Gasteiger partial charge in [-0.2, -0.15) is 0 Å². The summed E-state index contributed by atoms with van der Waals surface area (Å²) in [6, 6.07) is 8.20. The molecule has 0 spiro atoms. The number of rotatable bonds is 4. The van der Waals surface area contributed by atoms with Gasteiger partial charge in [0.05, 0.1) is 0 Å². The van der Waals surface area contributed by atoms with Gasteiger partial charge in [-0.25, -0.2) is 0 Å². The summed E-state index contributed by atoms with van der Waals surface area (Å²) in [5.41, 5.74) is 1.32. The van der Waals surface area contributed by atoms with Gasteiger partial charge in [-0.15, -0.1) is 0 Å². The quantitative estimate of drug-likeness (QED) is 0.782. The number of halogens is 2. The molecule has 18 heavy (non-hydrogen) atoms. The van der Waals surface area contributed by atoms with Crippen LogP contribution in [0.15, 0.2) is 24.3 Å². The first-order valence-corrected chi connectivity index (χ1v) is 8.03. The normalized spacial score (nSPS) is 18.8. The van der Waals surface area contributed by atoms with Crippen LogP contribution in [0.2, 0.25) is 5.02 Å². The number of benzene rings is 1. The molecule has 2 nitrogen and oxygen atoms in total. The highest BCUT2D eigenvalue weighted by atomic mass is 79.9. The molecule has 1 fully saturated rings. The standard InChI is InChI=1S/C14H20BrClN2/c15-5-8-17-6-2-7-18(10-9-17)12-13-3-1-4-14(16)11-13/h1,3-4,11H,2,5-10,12H2. The monoisotopic (exact) mass is 330 g/mol. The lowest BCUT2D eigenvalue weighted by molar-refractivity contribution is 0.258. The highest BCUT2D eigenvalue weighted by molar-refractivity contribution is 9.09. The molecule has 1 saturated heterocycles. The van der Waals surface area contributed by atoms with E-state index in [1.54, 1.807) is 0 Å². The largest absolute Gasteiger partial charge is 0.301 e. The zero-order valence-electron chi connectivity index (χ0n) is 10.6. The van der Waals surface area contributed by atoms with Crippen LogP contribution < -0.4 is 0 Å². The van der Waals surface area contributed by atoms with E-state index in [1.807, 2.05) is 12.1 Å². The van der Waals surface area contributed by atoms with Crippen molar-refractivity contribution in [1.82, 2.24) is 9.80 Å². The summed E-state index contributed by atoms with van der Waals surface area (Å²) in [7, 11) is 0.